The van der Waals surface area contributed by atoms with Gasteiger partial charge < -0.3 is 14.7 Å². The highest BCUT2D eigenvalue weighted by atomic mass is 35.5. The van der Waals surface area contributed by atoms with Crippen LogP contribution in [0.3, 0.4) is 0 Å². The number of piperidine rings is 1. The standard InChI is InChI=1S/C26H31Cl3N2O3/c1-17(34-21-5-3-20(27)4-6-21)22-13-31(14-23(22)19-2-7-24(28)25(29)12-19)26(33)15-30-10-8-18(16-32)9-11-30/h2-7,12,17-18,22-23,32H,8-11,13-16H2,1H3/t17-,22-,23+/m0/s1. The fourth-order valence-electron chi connectivity index (χ4n) is 5.04. The zero-order valence-corrected chi connectivity index (χ0v) is 21.6. The van der Waals surface area contributed by atoms with Gasteiger partial charge in [0.25, 0.3) is 0 Å². The number of likely N-dealkylation sites (tertiary alicyclic amines) is 2. The lowest BCUT2D eigenvalue weighted by molar-refractivity contribution is -0.132. The Hall–Kier alpha value is -1.50. The molecule has 0 unspecified atom stereocenters. The highest BCUT2D eigenvalue weighted by Gasteiger charge is 2.40. The molecule has 2 aromatic rings. The first-order valence-corrected chi connectivity index (χ1v) is 13.0. The molecule has 0 aromatic heterocycles. The molecule has 0 spiro atoms. The van der Waals surface area contributed by atoms with Crippen LogP contribution in [0.5, 0.6) is 5.75 Å². The van der Waals surface area contributed by atoms with Gasteiger partial charge in [0.1, 0.15) is 11.9 Å². The number of hydrogen-bond donors (Lipinski definition) is 1. The van der Waals surface area contributed by atoms with Crippen LogP contribution in [0.25, 0.3) is 0 Å². The SMILES string of the molecule is C[C@H](Oc1ccc(Cl)cc1)[C@@H]1CN(C(=O)CN2CCC(CO)CC2)C[C@@H]1c1ccc(Cl)c(Cl)c1. The van der Waals surface area contributed by atoms with E-state index in [0.717, 1.165) is 37.2 Å². The maximum atomic E-state index is 13.3. The van der Waals surface area contributed by atoms with Gasteiger partial charge in [-0.15, -0.1) is 0 Å². The highest BCUT2D eigenvalue weighted by molar-refractivity contribution is 6.42. The van der Waals surface area contributed by atoms with E-state index in [1.807, 2.05) is 47.4 Å². The third kappa shape index (κ3) is 6.19. The zero-order valence-electron chi connectivity index (χ0n) is 19.3. The van der Waals surface area contributed by atoms with Crippen molar-refractivity contribution in [1.29, 1.82) is 0 Å². The van der Waals surface area contributed by atoms with Gasteiger partial charge in [0, 0.05) is 36.6 Å². The van der Waals surface area contributed by atoms with Gasteiger partial charge in [-0.05, 0) is 80.7 Å². The minimum absolute atomic E-state index is 0.0844. The molecule has 2 aliphatic heterocycles. The number of carbonyl (C=O) groups is 1. The van der Waals surface area contributed by atoms with Crippen LogP contribution in [0.2, 0.25) is 15.1 Å². The van der Waals surface area contributed by atoms with Gasteiger partial charge in [0.05, 0.1) is 16.6 Å². The molecule has 2 heterocycles. The fourth-order valence-corrected chi connectivity index (χ4v) is 5.47. The molecule has 5 nitrogen and oxygen atoms in total. The number of benzene rings is 2. The Bertz CT molecular complexity index is 980. The summed E-state index contributed by atoms with van der Waals surface area (Å²) >= 11 is 18.5. The van der Waals surface area contributed by atoms with E-state index in [4.69, 9.17) is 39.5 Å². The summed E-state index contributed by atoms with van der Waals surface area (Å²) in [6.45, 7) is 5.62. The number of aliphatic hydroxyl groups is 1. The van der Waals surface area contributed by atoms with Crippen LogP contribution >= 0.6 is 34.8 Å². The van der Waals surface area contributed by atoms with Crippen LogP contribution in [0.1, 0.15) is 31.2 Å². The molecule has 8 heteroatoms. The van der Waals surface area contributed by atoms with Crippen molar-refractivity contribution >= 4 is 40.7 Å². The second-order valence-electron chi connectivity index (χ2n) is 9.42. The lowest BCUT2D eigenvalue weighted by atomic mass is 9.85. The molecule has 0 radical (unpaired) electrons. The molecule has 4 rings (SSSR count). The Balaban J connectivity index is 1.48. The number of aliphatic hydroxyl groups excluding tert-OH is 1. The quantitative estimate of drug-likeness (QED) is 0.529. The predicted molar refractivity (Wildman–Crippen MR) is 137 cm³/mol. The Labute approximate surface area is 216 Å². The molecule has 0 saturated carbocycles. The number of carbonyl (C=O) groups excluding carboxylic acids is 1. The van der Waals surface area contributed by atoms with Crippen molar-refractivity contribution in [3.05, 3.63) is 63.1 Å². The van der Waals surface area contributed by atoms with Gasteiger partial charge in [-0.2, -0.15) is 0 Å². The van der Waals surface area contributed by atoms with E-state index in [0.29, 0.717) is 40.6 Å². The Morgan fingerprint density at radius 2 is 1.76 bits per heavy atom. The fraction of sp³-hybridized carbons (Fsp3) is 0.500. The highest BCUT2D eigenvalue weighted by Crippen LogP contribution is 2.38. The van der Waals surface area contributed by atoms with E-state index in [1.165, 1.54) is 0 Å². The van der Waals surface area contributed by atoms with Crippen molar-refractivity contribution in [2.24, 2.45) is 11.8 Å². The second kappa shape index (κ2) is 11.5. The third-order valence-electron chi connectivity index (χ3n) is 7.15. The summed E-state index contributed by atoms with van der Waals surface area (Å²) in [5.41, 5.74) is 1.06. The summed E-state index contributed by atoms with van der Waals surface area (Å²) < 4.78 is 6.27. The molecular weight excluding hydrogens is 495 g/mol. The molecule has 2 saturated heterocycles. The Morgan fingerprint density at radius 3 is 2.41 bits per heavy atom. The molecule has 1 amide bonds. The number of amides is 1. The second-order valence-corrected chi connectivity index (χ2v) is 10.7. The molecule has 0 bridgehead atoms. The van der Waals surface area contributed by atoms with E-state index in [1.54, 1.807) is 0 Å². The lowest BCUT2D eigenvalue weighted by Crippen LogP contribution is -2.43. The van der Waals surface area contributed by atoms with Gasteiger partial charge in [-0.3, -0.25) is 9.69 Å². The molecular formula is C26H31Cl3N2O3. The average molecular weight is 526 g/mol. The van der Waals surface area contributed by atoms with Gasteiger partial charge in [0.15, 0.2) is 0 Å². The summed E-state index contributed by atoms with van der Waals surface area (Å²) in [5, 5.41) is 11.1. The first kappa shape index (κ1) is 25.6. The molecule has 2 fully saturated rings. The normalized spacial score (nSPS) is 22.7. The molecule has 2 aliphatic rings. The first-order valence-electron chi connectivity index (χ1n) is 11.8. The summed E-state index contributed by atoms with van der Waals surface area (Å²) in [4.78, 5) is 17.4. The largest absolute Gasteiger partial charge is 0.490 e. The minimum Gasteiger partial charge on any atom is -0.490 e. The Kier molecular flexibility index (Phi) is 8.65. The van der Waals surface area contributed by atoms with Crippen LogP contribution in [-0.2, 0) is 4.79 Å². The number of rotatable bonds is 7. The van der Waals surface area contributed by atoms with Crippen molar-refractivity contribution in [3.8, 4) is 5.75 Å². The summed E-state index contributed by atoms with van der Waals surface area (Å²) in [6.07, 6.45) is 1.74. The molecule has 184 valence electrons. The van der Waals surface area contributed by atoms with Crippen molar-refractivity contribution < 1.29 is 14.6 Å². The van der Waals surface area contributed by atoms with Gasteiger partial charge >= 0.3 is 0 Å². The number of ether oxygens (including phenoxy) is 1. The maximum absolute atomic E-state index is 13.3. The van der Waals surface area contributed by atoms with E-state index < -0.39 is 0 Å². The van der Waals surface area contributed by atoms with Crippen LogP contribution in [0.15, 0.2) is 42.5 Å². The zero-order chi connectivity index (χ0) is 24.2. The van der Waals surface area contributed by atoms with Crippen molar-refractivity contribution in [2.75, 3.05) is 39.3 Å². The number of hydrogen-bond acceptors (Lipinski definition) is 4. The molecule has 34 heavy (non-hydrogen) atoms. The molecule has 0 aliphatic carbocycles. The van der Waals surface area contributed by atoms with Crippen molar-refractivity contribution in [3.63, 3.8) is 0 Å². The average Bonchev–Trinajstić information content (AvgIpc) is 3.29. The van der Waals surface area contributed by atoms with Crippen LogP contribution in [0, 0.1) is 11.8 Å². The third-order valence-corrected chi connectivity index (χ3v) is 8.14. The number of halogens is 3. The summed E-state index contributed by atoms with van der Waals surface area (Å²) in [7, 11) is 0. The van der Waals surface area contributed by atoms with Crippen LogP contribution in [0.4, 0.5) is 0 Å². The summed E-state index contributed by atoms with van der Waals surface area (Å²) in [6, 6.07) is 13.1. The van der Waals surface area contributed by atoms with E-state index >= 15 is 0 Å². The van der Waals surface area contributed by atoms with Gasteiger partial charge in [-0.1, -0.05) is 40.9 Å². The van der Waals surface area contributed by atoms with Crippen molar-refractivity contribution in [2.45, 2.75) is 31.8 Å². The smallest absolute Gasteiger partial charge is 0.236 e. The lowest BCUT2D eigenvalue weighted by Gasteiger charge is -2.31. The summed E-state index contributed by atoms with van der Waals surface area (Å²) in [5.74, 6) is 1.42. The van der Waals surface area contributed by atoms with E-state index in [2.05, 4.69) is 11.8 Å². The van der Waals surface area contributed by atoms with Gasteiger partial charge in [-0.25, -0.2) is 0 Å². The predicted octanol–water partition coefficient (Wildman–Crippen LogP) is 5.36. The topological polar surface area (TPSA) is 53.0 Å². The minimum atomic E-state index is -0.126. The van der Waals surface area contributed by atoms with Crippen LogP contribution < -0.4 is 4.74 Å². The van der Waals surface area contributed by atoms with Crippen molar-refractivity contribution in [1.82, 2.24) is 9.80 Å². The Morgan fingerprint density at radius 1 is 1.06 bits per heavy atom. The van der Waals surface area contributed by atoms with Crippen LogP contribution in [-0.4, -0.2) is 66.2 Å². The maximum Gasteiger partial charge on any atom is 0.236 e. The first-order chi connectivity index (χ1) is 16.3. The molecule has 1 N–H and O–H groups in total. The van der Waals surface area contributed by atoms with Gasteiger partial charge in [0.2, 0.25) is 5.91 Å². The molecule has 2 aromatic carbocycles. The van der Waals surface area contributed by atoms with E-state index in [9.17, 15) is 9.90 Å². The number of nitrogens with zero attached hydrogens (tertiary/aromatic N) is 2. The molecule has 3 atom stereocenters. The van der Waals surface area contributed by atoms with E-state index in [-0.39, 0.29) is 30.5 Å². The monoisotopic (exact) mass is 524 g/mol.